The van der Waals surface area contributed by atoms with Gasteiger partial charge < -0.3 is 4.74 Å². The molecule has 0 bridgehead atoms. The fourth-order valence-electron chi connectivity index (χ4n) is 1.48. The van der Waals surface area contributed by atoms with Crippen LogP contribution < -0.4 is 0 Å². The Hall–Kier alpha value is -0.430. The molecule has 1 N–H and O–H groups in total. The molecule has 16 heavy (non-hydrogen) atoms. The summed E-state index contributed by atoms with van der Waals surface area (Å²) in [5.41, 5.74) is 0.947. The van der Waals surface area contributed by atoms with Crippen LogP contribution in [0.5, 0.6) is 0 Å². The Morgan fingerprint density at radius 1 is 1.56 bits per heavy atom. The van der Waals surface area contributed by atoms with E-state index in [0.717, 1.165) is 5.56 Å². The lowest BCUT2D eigenvalue weighted by Gasteiger charge is -2.13. The van der Waals surface area contributed by atoms with Crippen molar-refractivity contribution < 1.29 is 17.7 Å². The van der Waals surface area contributed by atoms with E-state index in [1.54, 1.807) is 0 Å². The van der Waals surface area contributed by atoms with Gasteiger partial charge in [0.1, 0.15) is 0 Å². The van der Waals surface area contributed by atoms with Crippen LogP contribution >= 0.6 is 11.3 Å². The maximum atomic E-state index is 10.9. The van der Waals surface area contributed by atoms with Crippen molar-refractivity contribution in [2.24, 2.45) is 0 Å². The molecule has 0 spiro atoms. The molecule has 1 heterocycles. The topological polar surface area (TPSA) is 63.6 Å². The molecule has 1 aromatic heterocycles. The van der Waals surface area contributed by atoms with Gasteiger partial charge in [-0.3, -0.25) is 4.55 Å². The molecule has 0 aliphatic heterocycles. The lowest BCUT2D eigenvalue weighted by Crippen LogP contribution is -2.15. The summed E-state index contributed by atoms with van der Waals surface area (Å²) in [5.74, 6) is -0.427. The van der Waals surface area contributed by atoms with Crippen LogP contribution in [0.2, 0.25) is 0 Å². The van der Waals surface area contributed by atoms with Crippen LogP contribution in [0.15, 0.2) is 16.8 Å². The second kappa shape index (κ2) is 6.34. The summed E-state index contributed by atoms with van der Waals surface area (Å²) in [4.78, 5) is 0. The first kappa shape index (κ1) is 13.6. The predicted molar refractivity (Wildman–Crippen MR) is 64.6 cm³/mol. The Morgan fingerprint density at radius 2 is 2.31 bits per heavy atom. The molecule has 0 aromatic carbocycles. The highest BCUT2D eigenvalue weighted by Crippen LogP contribution is 2.23. The van der Waals surface area contributed by atoms with Crippen molar-refractivity contribution in [3.8, 4) is 0 Å². The third-order valence-corrected chi connectivity index (χ3v) is 3.77. The van der Waals surface area contributed by atoms with Crippen LogP contribution in [0, 0.1) is 0 Å². The second-order valence-electron chi connectivity index (χ2n) is 3.49. The summed E-state index contributed by atoms with van der Waals surface area (Å²) in [7, 11) is -3.94. The minimum atomic E-state index is -3.94. The molecule has 0 saturated carbocycles. The van der Waals surface area contributed by atoms with Crippen molar-refractivity contribution in [1.29, 1.82) is 0 Å². The molecule has 1 atom stereocenters. The molecular formula is C10H16O4S2. The van der Waals surface area contributed by atoms with Crippen molar-refractivity contribution in [2.75, 3.05) is 19.0 Å². The Balaban J connectivity index is 2.63. The standard InChI is InChI=1S/C10H16O4S2/c1-2-14-5-3-10(8-16(11,12)13)9-4-6-15-7-9/h4,6-7,10H,2-3,5,8H2,1H3,(H,11,12,13). The van der Waals surface area contributed by atoms with Crippen LogP contribution in [0.1, 0.15) is 24.8 Å². The summed E-state index contributed by atoms with van der Waals surface area (Å²) in [6.07, 6.45) is 0.602. The highest BCUT2D eigenvalue weighted by Gasteiger charge is 2.19. The average Bonchev–Trinajstić information content (AvgIpc) is 2.67. The molecule has 0 aliphatic rings. The van der Waals surface area contributed by atoms with E-state index in [4.69, 9.17) is 9.29 Å². The van der Waals surface area contributed by atoms with E-state index >= 15 is 0 Å². The first-order valence-corrected chi connectivity index (χ1v) is 7.63. The van der Waals surface area contributed by atoms with E-state index in [-0.39, 0.29) is 11.7 Å². The average molecular weight is 264 g/mol. The minimum Gasteiger partial charge on any atom is -0.382 e. The molecule has 4 nitrogen and oxygen atoms in total. The molecule has 0 amide bonds. The number of hydrogen-bond acceptors (Lipinski definition) is 4. The SMILES string of the molecule is CCOCCC(CS(=O)(=O)O)c1ccsc1. The van der Waals surface area contributed by atoms with E-state index in [0.29, 0.717) is 19.6 Å². The number of ether oxygens (including phenoxy) is 1. The monoisotopic (exact) mass is 264 g/mol. The Kier molecular flexibility index (Phi) is 5.40. The first-order chi connectivity index (χ1) is 7.53. The summed E-state index contributed by atoms with van der Waals surface area (Å²) >= 11 is 1.52. The van der Waals surface area contributed by atoms with Gasteiger partial charge in [-0.2, -0.15) is 19.8 Å². The van der Waals surface area contributed by atoms with Crippen LogP contribution in [-0.4, -0.2) is 31.9 Å². The summed E-state index contributed by atoms with van der Waals surface area (Å²) in [6.45, 7) is 3.01. The van der Waals surface area contributed by atoms with Crippen LogP contribution in [0.4, 0.5) is 0 Å². The Labute approximate surface area is 100 Å². The largest absolute Gasteiger partial charge is 0.382 e. The van der Waals surface area contributed by atoms with Gasteiger partial charge in [0.15, 0.2) is 0 Å². The fraction of sp³-hybridized carbons (Fsp3) is 0.600. The highest BCUT2D eigenvalue weighted by molar-refractivity contribution is 7.85. The lowest BCUT2D eigenvalue weighted by molar-refractivity contribution is 0.141. The fourth-order valence-corrected chi connectivity index (χ4v) is 3.09. The number of rotatable bonds is 7. The molecule has 6 heteroatoms. The van der Waals surface area contributed by atoms with Gasteiger partial charge in [0.25, 0.3) is 10.1 Å². The van der Waals surface area contributed by atoms with Gasteiger partial charge in [-0.25, -0.2) is 0 Å². The predicted octanol–water partition coefficient (Wildman–Crippen LogP) is 2.15. The van der Waals surface area contributed by atoms with Gasteiger partial charge in [0.2, 0.25) is 0 Å². The van der Waals surface area contributed by atoms with E-state index in [1.807, 2.05) is 23.8 Å². The zero-order valence-corrected chi connectivity index (χ0v) is 10.8. The van der Waals surface area contributed by atoms with Gasteiger partial charge in [0.05, 0.1) is 5.75 Å². The second-order valence-corrected chi connectivity index (χ2v) is 5.76. The quantitative estimate of drug-likeness (QED) is 0.605. The van der Waals surface area contributed by atoms with Gasteiger partial charge in [0, 0.05) is 19.1 Å². The minimum absolute atomic E-state index is 0.187. The Bertz CT molecular complexity index is 383. The van der Waals surface area contributed by atoms with Gasteiger partial charge in [-0.05, 0) is 35.7 Å². The summed E-state index contributed by atoms with van der Waals surface area (Å²) in [6, 6.07) is 1.88. The molecule has 1 unspecified atom stereocenters. The maximum absolute atomic E-state index is 10.9. The summed E-state index contributed by atoms with van der Waals surface area (Å²) < 4.78 is 35.9. The van der Waals surface area contributed by atoms with Crippen molar-refractivity contribution in [3.63, 3.8) is 0 Å². The van der Waals surface area contributed by atoms with E-state index in [9.17, 15) is 8.42 Å². The van der Waals surface area contributed by atoms with Crippen molar-refractivity contribution >= 4 is 21.5 Å². The van der Waals surface area contributed by atoms with E-state index in [2.05, 4.69) is 0 Å². The smallest absolute Gasteiger partial charge is 0.265 e. The van der Waals surface area contributed by atoms with E-state index < -0.39 is 10.1 Å². The van der Waals surface area contributed by atoms with Crippen LogP contribution in [-0.2, 0) is 14.9 Å². The molecule has 1 aromatic rings. The van der Waals surface area contributed by atoms with Crippen molar-refractivity contribution in [2.45, 2.75) is 19.3 Å². The zero-order chi connectivity index (χ0) is 12.0. The number of hydrogen-bond donors (Lipinski definition) is 1. The molecule has 92 valence electrons. The van der Waals surface area contributed by atoms with Gasteiger partial charge in [-0.1, -0.05) is 0 Å². The van der Waals surface area contributed by atoms with Crippen molar-refractivity contribution in [3.05, 3.63) is 22.4 Å². The highest BCUT2D eigenvalue weighted by atomic mass is 32.2. The third-order valence-electron chi connectivity index (χ3n) is 2.24. The zero-order valence-electron chi connectivity index (χ0n) is 9.13. The van der Waals surface area contributed by atoms with Gasteiger partial charge in [-0.15, -0.1) is 0 Å². The lowest BCUT2D eigenvalue weighted by atomic mass is 10.0. The molecule has 0 radical (unpaired) electrons. The molecule has 0 fully saturated rings. The first-order valence-electron chi connectivity index (χ1n) is 5.08. The normalized spacial score (nSPS) is 13.9. The molecule has 0 aliphatic carbocycles. The Morgan fingerprint density at radius 3 is 2.81 bits per heavy atom. The van der Waals surface area contributed by atoms with Crippen LogP contribution in [0.3, 0.4) is 0 Å². The van der Waals surface area contributed by atoms with Crippen LogP contribution in [0.25, 0.3) is 0 Å². The number of thiophene rings is 1. The van der Waals surface area contributed by atoms with Gasteiger partial charge >= 0.3 is 0 Å². The molecule has 1 rings (SSSR count). The molecular weight excluding hydrogens is 248 g/mol. The summed E-state index contributed by atoms with van der Waals surface area (Å²) in [5, 5.41) is 3.80. The van der Waals surface area contributed by atoms with Crippen molar-refractivity contribution in [1.82, 2.24) is 0 Å². The van der Waals surface area contributed by atoms with E-state index in [1.165, 1.54) is 11.3 Å². The third kappa shape index (κ3) is 5.07. The molecule has 0 saturated heterocycles. The maximum Gasteiger partial charge on any atom is 0.265 e.